The summed E-state index contributed by atoms with van der Waals surface area (Å²) in [7, 11) is 1.67. The molecule has 0 radical (unpaired) electrons. The third kappa shape index (κ3) is 3.84. The average molecular weight is 342 g/mol. The van der Waals surface area contributed by atoms with Gasteiger partial charge in [0.25, 0.3) is 5.91 Å². The quantitative estimate of drug-likeness (QED) is 0.886. The maximum Gasteiger partial charge on any atom is 0.253 e. The highest BCUT2D eigenvalue weighted by molar-refractivity contribution is 5.95. The van der Waals surface area contributed by atoms with Crippen molar-refractivity contribution in [2.24, 2.45) is 12.5 Å². The van der Waals surface area contributed by atoms with Gasteiger partial charge in [-0.1, -0.05) is 18.2 Å². The Kier molecular flexibility index (Phi) is 4.78. The molecule has 0 bridgehead atoms. The summed E-state index contributed by atoms with van der Waals surface area (Å²) >= 11 is 0. The molecule has 8 heteroatoms. The van der Waals surface area contributed by atoms with Crippen molar-refractivity contribution in [1.29, 1.82) is 0 Å². The Bertz CT molecular complexity index is 760. The normalized spacial score (nSPS) is 20.3. The van der Waals surface area contributed by atoms with Crippen LogP contribution in [0.1, 0.15) is 35.9 Å². The van der Waals surface area contributed by atoms with Gasteiger partial charge in [0.05, 0.1) is 19.0 Å². The van der Waals surface area contributed by atoms with Crippen LogP contribution in [0, 0.1) is 5.41 Å². The van der Waals surface area contributed by atoms with E-state index in [-0.39, 0.29) is 18.4 Å². The van der Waals surface area contributed by atoms with Crippen LogP contribution in [0.5, 0.6) is 0 Å². The van der Waals surface area contributed by atoms with Gasteiger partial charge in [0.15, 0.2) is 5.82 Å². The molecule has 1 aromatic heterocycles. The lowest BCUT2D eigenvalue weighted by molar-refractivity contribution is -0.132. The molecular formula is C17H22N6O2. The zero-order valence-electron chi connectivity index (χ0n) is 14.5. The fourth-order valence-corrected chi connectivity index (χ4v) is 3.13. The Morgan fingerprint density at radius 2 is 2.04 bits per heavy atom. The predicted molar refractivity (Wildman–Crippen MR) is 90.3 cm³/mol. The minimum atomic E-state index is -0.620. The maximum atomic E-state index is 12.7. The summed E-state index contributed by atoms with van der Waals surface area (Å²) in [5.41, 5.74) is 0.0289. The molecule has 8 nitrogen and oxygen atoms in total. The van der Waals surface area contributed by atoms with Crippen LogP contribution in [0.3, 0.4) is 0 Å². The first-order valence-corrected chi connectivity index (χ1v) is 8.33. The number of hydrogen-bond acceptors (Lipinski definition) is 5. The Morgan fingerprint density at radius 3 is 2.72 bits per heavy atom. The number of likely N-dealkylation sites (tertiary alicyclic amines) is 1. The number of benzene rings is 1. The summed E-state index contributed by atoms with van der Waals surface area (Å²) in [5, 5.41) is 14.5. The van der Waals surface area contributed by atoms with E-state index >= 15 is 0 Å². The number of hydrogen-bond donors (Lipinski definition) is 1. The monoisotopic (exact) mass is 342 g/mol. The van der Waals surface area contributed by atoms with Crippen molar-refractivity contribution in [2.75, 3.05) is 13.1 Å². The van der Waals surface area contributed by atoms with E-state index in [1.807, 2.05) is 25.1 Å². The molecule has 1 N–H and O–H groups in total. The highest BCUT2D eigenvalue weighted by atomic mass is 16.2. The van der Waals surface area contributed by atoms with Crippen molar-refractivity contribution in [3.63, 3.8) is 0 Å². The SMILES string of the molecule is Cn1nnc(CNC(=O)[C@@]2(C)CCCN(C(=O)c3ccccc3)C2)n1. The second-order valence-electron chi connectivity index (χ2n) is 6.63. The Morgan fingerprint density at radius 1 is 1.28 bits per heavy atom. The van der Waals surface area contributed by atoms with Crippen LogP contribution in [0.4, 0.5) is 0 Å². The summed E-state index contributed by atoms with van der Waals surface area (Å²) in [6.45, 7) is 3.20. The molecule has 1 aliphatic rings. The van der Waals surface area contributed by atoms with Crippen LogP contribution in [0.2, 0.25) is 0 Å². The highest BCUT2D eigenvalue weighted by Crippen LogP contribution is 2.30. The smallest absolute Gasteiger partial charge is 0.253 e. The van der Waals surface area contributed by atoms with E-state index in [1.165, 1.54) is 4.80 Å². The fraction of sp³-hybridized carbons (Fsp3) is 0.471. The molecule has 132 valence electrons. The van der Waals surface area contributed by atoms with Crippen molar-refractivity contribution in [3.05, 3.63) is 41.7 Å². The maximum absolute atomic E-state index is 12.7. The largest absolute Gasteiger partial charge is 0.348 e. The first kappa shape index (κ1) is 17.1. The van der Waals surface area contributed by atoms with Crippen molar-refractivity contribution in [3.8, 4) is 0 Å². The lowest BCUT2D eigenvalue weighted by atomic mass is 9.80. The Balaban J connectivity index is 1.64. The zero-order valence-corrected chi connectivity index (χ0v) is 14.5. The van der Waals surface area contributed by atoms with Crippen LogP contribution in [0.15, 0.2) is 30.3 Å². The first-order chi connectivity index (χ1) is 12.0. The van der Waals surface area contributed by atoms with E-state index < -0.39 is 5.41 Å². The number of aromatic nitrogens is 4. The van der Waals surface area contributed by atoms with Crippen LogP contribution in [-0.2, 0) is 18.4 Å². The molecule has 0 saturated carbocycles. The van der Waals surface area contributed by atoms with Crippen LogP contribution in [-0.4, -0.2) is 50.0 Å². The lowest BCUT2D eigenvalue weighted by Gasteiger charge is -2.39. The predicted octanol–water partition coefficient (Wildman–Crippen LogP) is 0.769. The van der Waals surface area contributed by atoms with Gasteiger partial charge in [-0.3, -0.25) is 9.59 Å². The molecule has 1 saturated heterocycles. The van der Waals surface area contributed by atoms with E-state index in [1.54, 1.807) is 24.1 Å². The molecule has 0 unspecified atom stereocenters. The molecule has 2 aromatic rings. The third-order valence-electron chi connectivity index (χ3n) is 4.51. The number of amides is 2. The Labute approximate surface area is 146 Å². The molecule has 0 spiro atoms. The molecule has 2 heterocycles. The number of nitrogens with one attached hydrogen (secondary N) is 1. The summed E-state index contributed by atoms with van der Waals surface area (Å²) in [6.07, 6.45) is 1.54. The molecule has 0 aliphatic carbocycles. The topological polar surface area (TPSA) is 93.0 Å². The number of aryl methyl sites for hydroxylation is 1. The van der Waals surface area contributed by atoms with Crippen molar-refractivity contribution >= 4 is 11.8 Å². The molecule has 2 amide bonds. The lowest BCUT2D eigenvalue weighted by Crippen LogP contribution is -2.51. The van der Waals surface area contributed by atoms with Gasteiger partial charge in [0, 0.05) is 18.7 Å². The second kappa shape index (κ2) is 7.00. The molecule has 1 aromatic carbocycles. The minimum absolute atomic E-state index is 0.0325. The van der Waals surface area contributed by atoms with E-state index in [2.05, 4.69) is 20.7 Å². The number of carbonyl (C=O) groups excluding carboxylic acids is 2. The number of rotatable bonds is 4. The summed E-state index contributed by atoms with van der Waals surface area (Å²) in [6, 6.07) is 9.17. The number of carbonyl (C=O) groups is 2. The summed E-state index contributed by atoms with van der Waals surface area (Å²) in [5.74, 6) is 0.341. The van der Waals surface area contributed by atoms with Gasteiger partial charge in [-0.15, -0.1) is 10.2 Å². The molecule has 25 heavy (non-hydrogen) atoms. The van der Waals surface area contributed by atoms with Crippen LogP contribution < -0.4 is 5.32 Å². The van der Waals surface area contributed by atoms with E-state index in [9.17, 15) is 9.59 Å². The average Bonchev–Trinajstić information content (AvgIpc) is 3.05. The number of nitrogens with zero attached hydrogens (tertiary/aromatic N) is 5. The third-order valence-corrected chi connectivity index (χ3v) is 4.51. The molecule has 1 atom stereocenters. The van der Waals surface area contributed by atoms with Gasteiger partial charge < -0.3 is 10.2 Å². The van der Waals surface area contributed by atoms with Gasteiger partial charge in [-0.2, -0.15) is 4.80 Å². The van der Waals surface area contributed by atoms with Crippen molar-refractivity contribution in [2.45, 2.75) is 26.3 Å². The molecule has 1 aliphatic heterocycles. The van der Waals surface area contributed by atoms with Crippen LogP contribution in [0.25, 0.3) is 0 Å². The van der Waals surface area contributed by atoms with Crippen molar-refractivity contribution in [1.82, 2.24) is 30.4 Å². The first-order valence-electron chi connectivity index (χ1n) is 8.33. The van der Waals surface area contributed by atoms with Crippen LogP contribution >= 0.6 is 0 Å². The summed E-state index contributed by atoms with van der Waals surface area (Å²) < 4.78 is 0. The van der Waals surface area contributed by atoms with E-state index in [0.29, 0.717) is 24.5 Å². The number of piperidine rings is 1. The second-order valence-corrected chi connectivity index (χ2v) is 6.63. The molecule has 1 fully saturated rings. The number of tetrazole rings is 1. The fourth-order valence-electron chi connectivity index (χ4n) is 3.13. The van der Waals surface area contributed by atoms with Gasteiger partial charge in [-0.05, 0) is 37.1 Å². The van der Waals surface area contributed by atoms with Gasteiger partial charge in [0.1, 0.15) is 0 Å². The summed E-state index contributed by atoms with van der Waals surface area (Å²) in [4.78, 5) is 28.4. The highest BCUT2D eigenvalue weighted by Gasteiger charge is 2.39. The van der Waals surface area contributed by atoms with Crippen molar-refractivity contribution < 1.29 is 9.59 Å². The van der Waals surface area contributed by atoms with Gasteiger partial charge in [-0.25, -0.2) is 0 Å². The van der Waals surface area contributed by atoms with Gasteiger partial charge in [0.2, 0.25) is 5.91 Å². The zero-order chi connectivity index (χ0) is 17.9. The Hall–Kier alpha value is -2.77. The minimum Gasteiger partial charge on any atom is -0.348 e. The molecule has 3 rings (SSSR count). The van der Waals surface area contributed by atoms with E-state index in [4.69, 9.17) is 0 Å². The standard InChI is InChI=1S/C17H22N6O2/c1-17(16(25)18-11-14-19-21-22(2)20-14)9-6-10-23(12-17)15(24)13-7-4-3-5-8-13/h3-5,7-8H,6,9-12H2,1-2H3,(H,18,25)/t17-/m0/s1. The van der Waals surface area contributed by atoms with E-state index in [0.717, 1.165) is 12.8 Å². The van der Waals surface area contributed by atoms with Gasteiger partial charge >= 0.3 is 0 Å². The molecular weight excluding hydrogens is 320 g/mol.